The first-order valence-electron chi connectivity index (χ1n) is 8.32. The Bertz CT molecular complexity index is 1100. The Labute approximate surface area is 168 Å². The van der Waals surface area contributed by atoms with E-state index in [2.05, 4.69) is 9.97 Å². The number of Topliss-reactive ketones (excluding diaryl/α,β-unsaturated/α-hetero) is 1. The van der Waals surface area contributed by atoms with Gasteiger partial charge in [-0.15, -0.1) is 22.7 Å². The Hall–Kier alpha value is -3.04. The van der Waals surface area contributed by atoms with Gasteiger partial charge in [0.05, 0.1) is 27.2 Å². The fourth-order valence-electron chi connectivity index (χ4n) is 3.21. The summed E-state index contributed by atoms with van der Waals surface area (Å²) in [6.45, 7) is 3.51. The molecule has 7 nitrogen and oxygen atoms in total. The number of rotatable bonds is 4. The number of aliphatic hydroxyl groups excluding tert-OH is 1. The number of aromatic hydroxyl groups is 1. The van der Waals surface area contributed by atoms with E-state index in [9.17, 15) is 19.8 Å². The predicted octanol–water partition coefficient (Wildman–Crippen LogP) is 3.70. The second-order valence-electron chi connectivity index (χ2n) is 6.22. The molecule has 142 valence electrons. The molecule has 9 heteroatoms. The fraction of sp³-hybridized carbons (Fsp3) is 0.158. The maximum Gasteiger partial charge on any atom is 0.296 e. The van der Waals surface area contributed by atoms with E-state index in [1.54, 1.807) is 37.6 Å². The summed E-state index contributed by atoms with van der Waals surface area (Å²) in [6, 6.07) is 5.32. The zero-order chi connectivity index (χ0) is 20.0. The highest BCUT2D eigenvalue weighted by molar-refractivity contribution is 7.14. The molecule has 0 radical (unpaired) electrons. The molecule has 1 aliphatic heterocycles. The number of anilines is 1. The third kappa shape index (κ3) is 2.88. The normalized spacial score (nSPS) is 16.9. The Morgan fingerprint density at radius 3 is 2.46 bits per heavy atom. The zero-order valence-electron chi connectivity index (χ0n) is 14.9. The number of aliphatic hydroxyl groups is 1. The molecule has 0 fully saturated rings. The van der Waals surface area contributed by atoms with Crippen LogP contribution in [0.4, 0.5) is 5.13 Å². The van der Waals surface area contributed by atoms with Crippen LogP contribution in [-0.4, -0.2) is 31.9 Å². The van der Waals surface area contributed by atoms with Crippen molar-refractivity contribution in [3.05, 3.63) is 68.3 Å². The number of aryl methyl sites for hydroxylation is 2. The van der Waals surface area contributed by atoms with Gasteiger partial charge in [-0.3, -0.25) is 14.5 Å². The van der Waals surface area contributed by atoms with Crippen molar-refractivity contribution in [1.29, 1.82) is 0 Å². The maximum atomic E-state index is 13.3. The third-order valence-corrected chi connectivity index (χ3v) is 6.24. The standard InChI is InChI=1S/C19H15N3O4S2/c1-9-17(28-10(2)21-9)15(24)13-14(11-3-5-12(23)6-4-11)22(18(26)16(13)25)19-20-7-8-27-19/h3-8,14,23,25H,1-2H3. The van der Waals surface area contributed by atoms with Gasteiger partial charge in [0, 0.05) is 11.6 Å². The molecule has 28 heavy (non-hydrogen) atoms. The Morgan fingerprint density at radius 1 is 1.18 bits per heavy atom. The molecule has 0 bridgehead atoms. The number of carbonyl (C=O) groups excluding carboxylic acids is 2. The highest BCUT2D eigenvalue weighted by atomic mass is 32.1. The number of phenolic OH excluding ortho intramolecular Hbond substituents is 1. The minimum absolute atomic E-state index is 0.0161. The molecule has 0 saturated carbocycles. The van der Waals surface area contributed by atoms with Gasteiger partial charge < -0.3 is 10.2 Å². The Morgan fingerprint density at radius 2 is 1.89 bits per heavy atom. The minimum Gasteiger partial charge on any atom is -0.508 e. The molecule has 3 heterocycles. The predicted molar refractivity (Wildman–Crippen MR) is 106 cm³/mol. The summed E-state index contributed by atoms with van der Waals surface area (Å²) in [5.74, 6) is -1.66. The third-order valence-electron chi connectivity index (χ3n) is 4.40. The number of nitrogens with zero attached hydrogens (tertiary/aromatic N) is 3. The van der Waals surface area contributed by atoms with Crippen LogP contribution in [0.1, 0.15) is 32.0 Å². The maximum absolute atomic E-state index is 13.3. The first-order chi connectivity index (χ1) is 13.4. The summed E-state index contributed by atoms with van der Waals surface area (Å²) in [6.07, 6.45) is 1.55. The number of hydrogen-bond acceptors (Lipinski definition) is 8. The fourth-order valence-corrected chi connectivity index (χ4v) is 4.75. The van der Waals surface area contributed by atoms with E-state index in [0.717, 1.165) is 5.01 Å². The number of phenols is 1. The van der Waals surface area contributed by atoms with Gasteiger partial charge in [-0.2, -0.15) is 0 Å². The molecule has 3 aromatic rings. The van der Waals surface area contributed by atoms with Crippen LogP contribution < -0.4 is 4.90 Å². The van der Waals surface area contributed by atoms with Crippen molar-refractivity contribution in [2.24, 2.45) is 0 Å². The van der Waals surface area contributed by atoms with Gasteiger partial charge in [0.1, 0.15) is 5.75 Å². The van der Waals surface area contributed by atoms with Crippen LogP contribution in [0.15, 0.2) is 47.2 Å². The summed E-state index contributed by atoms with van der Waals surface area (Å²) in [7, 11) is 0. The SMILES string of the molecule is Cc1nc(C)c(C(=O)C2=C(O)C(=O)N(c3nccs3)C2c2ccc(O)cc2)s1. The van der Waals surface area contributed by atoms with E-state index in [4.69, 9.17) is 0 Å². The second-order valence-corrected chi connectivity index (χ2v) is 8.30. The van der Waals surface area contributed by atoms with Crippen molar-refractivity contribution in [2.45, 2.75) is 19.9 Å². The van der Waals surface area contributed by atoms with Crippen LogP contribution in [0.25, 0.3) is 0 Å². The molecule has 2 N–H and O–H groups in total. The van der Waals surface area contributed by atoms with Gasteiger partial charge in [0.2, 0.25) is 5.78 Å². The average Bonchev–Trinajstić information content (AvgIpc) is 3.35. The van der Waals surface area contributed by atoms with Crippen LogP contribution in [0.2, 0.25) is 0 Å². The Balaban J connectivity index is 1.89. The summed E-state index contributed by atoms with van der Waals surface area (Å²) < 4.78 is 0. The van der Waals surface area contributed by atoms with E-state index >= 15 is 0 Å². The summed E-state index contributed by atoms with van der Waals surface area (Å²) in [5.41, 5.74) is 1.11. The lowest BCUT2D eigenvalue weighted by Gasteiger charge is -2.24. The van der Waals surface area contributed by atoms with Crippen molar-refractivity contribution in [2.75, 3.05) is 4.90 Å². The van der Waals surface area contributed by atoms with Crippen LogP contribution in [0, 0.1) is 13.8 Å². The van der Waals surface area contributed by atoms with E-state index in [0.29, 0.717) is 21.3 Å². The molecule has 1 amide bonds. The van der Waals surface area contributed by atoms with Crippen LogP contribution >= 0.6 is 22.7 Å². The minimum atomic E-state index is -0.853. The van der Waals surface area contributed by atoms with E-state index in [-0.39, 0.29) is 11.3 Å². The molecule has 2 aromatic heterocycles. The first-order valence-corrected chi connectivity index (χ1v) is 10.0. The van der Waals surface area contributed by atoms with Crippen molar-refractivity contribution < 1.29 is 19.8 Å². The van der Waals surface area contributed by atoms with Crippen molar-refractivity contribution >= 4 is 39.5 Å². The highest BCUT2D eigenvalue weighted by Gasteiger charge is 2.46. The molecule has 1 atom stereocenters. The lowest BCUT2D eigenvalue weighted by Crippen LogP contribution is -2.30. The highest BCUT2D eigenvalue weighted by Crippen LogP contribution is 2.43. The lowest BCUT2D eigenvalue weighted by atomic mass is 9.95. The molecule has 4 rings (SSSR count). The molecule has 0 spiro atoms. The second kappa shape index (κ2) is 6.84. The smallest absolute Gasteiger partial charge is 0.296 e. The number of amides is 1. The number of benzene rings is 1. The van der Waals surface area contributed by atoms with Crippen molar-refractivity contribution in [3.8, 4) is 5.75 Å². The Kier molecular flexibility index (Phi) is 4.48. The average molecular weight is 413 g/mol. The van der Waals surface area contributed by atoms with E-state index in [1.165, 1.54) is 39.7 Å². The van der Waals surface area contributed by atoms with Gasteiger partial charge in [0.15, 0.2) is 10.9 Å². The number of hydrogen-bond donors (Lipinski definition) is 2. The molecular weight excluding hydrogens is 398 g/mol. The molecular formula is C19H15N3O4S2. The van der Waals surface area contributed by atoms with Gasteiger partial charge in [-0.1, -0.05) is 12.1 Å². The zero-order valence-corrected chi connectivity index (χ0v) is 16.5. The van der Waals surface area contributed by atoms with Gasteiger partial charge in [0.25, 0.3) is 5.91 Å². The van der Waals surface area contributed by atoms with Crippen molar-refractivity contribution in [1.82, 2.24) is 9.97 Å². The summed E-state index contributed by atoms with van der Waals surface area (Å²) in [4.78, 5) is 36.3. The molecule has 1 unspecified atom stereocenters. The molecule has 0 aliphatic carbocycles. The van der Waals surface area contributed by atoms with E-state index < -0.39 is 23.5 Å². The number of ketones is 1. The lowest BCUT2D eigenvalue weighted by molar-refractivity contribution is -0.117. The summed E-state index contributed by atoms with van der Waals surface area (Å²) >= 11 is 2.45. The molecule has 0 saturated heterocycles. The topological polar surface area (TPSA) is 104 Å². The molecule has 1 aromatic carbocycles. The van der Waals surface area contributed by atoms with E-state index in [1.807, 2.05) is 0 Å². The quantitative estimate of drug-likeness (QED) is 0.632. The number of aromatic nitrogens is 2. The largest absolute Gasteiger partial charge is 0.508 e. The van der Waals surface area contributed by atoms with Gasteiger partial charge >= 0.3 is 0 Å². The molecule has 1 aliphatic rings. The number of carbonyl (C=O) groups is 2. The summed E-state index contributed by atoms with van der Waals surface area (Å²) in [5, 5.41) is 23.0. The monoisotopic (exact) mass is 413 g/mol. The first kappa shape index (κ1) is 18.3. The van der Waals surface area contributed by atoms with Crippen LogP contribution in [-0.2, 0) is 4.79 Å². The number of thiazole rings is 2. The van der Waals surface area contributed by atoms with Crippen LogP contribution in [0.3, 0.4) is 0 Å². The van der Waals surface area contributed by atoms with Gasteiger partial charge in [-0.05, 0) is 31.5 Å². The van der Waals surface area contributed by atoms with Gasteiger partial charge in [-0.25, -0.2) is 9.97 Å². The van der Waals surface area contributed by atoms with Crippen LogP contribution in [0.5, 0.6) is 5.75 Å². The van der Waals surface area contributed by atoms with Crippen molar-refractivity contribution in [3.63, 3.8) is 0 Å².